The van der Waals surface area contributed by atoms with E-state index in [2.05, 4.69) is 34.8 Å². The van der Waals surface area contributed by atoms with E-state index < -0.39 is 43.1 Å². The van der Waals surface area contributed by atoms with Crippen LogP contribution in [-0.4, -0.2) is 56.8 Å². The van der Waals surface area contributed by atoms with Crippen LogP contribution in [0.5, 0.6) is 0 Å². The molecule has 1 aromatic heterocycles. The number of ether oxygens (including phenoxy) is 3. The summed E-state index contributed by atoms with van der Waals surface area (Å²) in [6, 6.07) is 0.311. The summed E-state index contributed by atoms with van der Waals surface area (Å²) in [5.41, 5.74) is -3.02. The lowest BCUT2D eigenvalue weighted by Gasteiger charge is -2.21. The van der Waals surface area contributed by atoms with Gasteiger partial charge in [0, 0.05) is 20.7 Å². The third-order valence-corrected chi connectivity index (χ3v) is 6.09. The zero-order chi connectivity index (χ0) is 23.7. The summed E-state index contributed by atoms with van der Waals surface area (Å²) in [6.45, 7) is 8.33. The van der Waals surface area contributed by atoms with E-state index >= 15 is 0 Å². The van der Waals surface area contributed by atoms with Crippen LogP contribution in [0.25, 0.3) is 0 Å². The van der Waals surface area contributed by atoms with Crippen LogP contribution in [0.15, 0.2) is 11.0 Å². The maximum Gasteiger partial charge on any atom is 0.423 e. The number of carbonyl (C=O) groups excluding carboxylic acids is 1. The minimum Gasteiger partial charge on any atom is -0.469 e. The minimum absolute atomic E-state index is 0.0377. The summed E-state index contributed by atoms with van der Waals surface area (Å²) in [7, 11) is -0.110. The highest BCUT2D eigenvalue weighted by atomic mass is 28.3. The first-order valence-corrected chi connectivity index (χ1v) is 13.8. The van der Waals surface area contributed by atoms with Gasteiger partial charge in [-0.05, 0) is 12.5 Å². The smallest absolute Gasteiger partial charge is 0.423 e. The van der Waals surface area contributed by atoms with Gasteiger partial charge in [0.2, 0.25) is 0 Å². The lowest BCUT2D eigenvalue weighted by Crippen LogP contribution is -2.35. The lowest BCUT2D eigenvalue weighted by molar-refractivity contribution is -0.142. The number of aromatic nitrogens is 2. The van der Waals surface area contributed by atoms with Gasteiger partial charge in [0.25, 0.3) is 5.56 Å². The molecule has 0 radical (unpaired) electrons. The van der Waals surface area contributed by atoms with Crippen molar-refractivity contribution in [3.05, 3.63) is 22.1 Å². The van der Waals surface area contributed by atoms with Crippen LogP contribution >= 0.6 is 0 Å². The molecule has 0 saturated heterocycles. The Kier molecular flexibility index (Phi) is 10.7. The number of rotatable bonds is 13. The minimum atomic E-state index is -4.87. The van der Waals surface area contributed by atoms with Gasteiger partial charge in [-0.1, -0.05) is 26.6 Å². The van der Waals surface area contributed by atoms with Gasteiger partial charge in [0.15, 0.2) is 0 Å². The lowest BCUT2D eigenvalue weighted by atomic mass is 10.2. The standard InChI is InChI=1S/C19H32F3N3O5Si/c1-6-14(12-29-8-7-16(26)28-2)24-15-11-23-25(13-30-9-10-31(3,4)5)18(27)17(15)19(20,21)22/h11,14,24H,6-10,12-13H2,1-5H3/t14-/m0/s1. The third-order valence-electron chi connectivity index (χ3n) is 4.39. The second-order valence-electron chi connectivity index (χ2n) is 8.23. The van der Waals surface area contributed by atoms with Crippen molar-refractivity contribution in [3.8, 4) is 0 Å². The molecular weight excluding hydrogens is 435 g/mol. The van der Waals surface area contributed by atoms with E-state index in [-0.39, 0.29) is 26.4 Å². The summed E-state index contributed by atoms with van der Waals surface area (Å²) >= 11 is 0. The molecule has 31 heavy (non-hydrogen) atoms. The summed E-state index contributed by atoms with van der Waals surface area (Å²) in [6.07, 6.45) is -3.43. The van der Waals surface area contributed by atoms with Crippen LogP contribution in [0.4, 0.5) is 18.9 Å². The highest BCUT2D eigenvalue weighted by Crippen LogP contribution is 2.32. The highest BCUT2D eigenvalue weighted by Gasteiger charge is 2.38. The molecule has 0 aliphatic heterocycles. The van der Waals surface area contributed by atoms with Gasteiger partial charge < -0.3 is 19.5 Å². The zero-order valence-corrected chi connectivity index (χ0v) is 19.7. The van der Waals surface area contributed by atoms with E-state index in [0.717, 1.165) is 12.2 Å². The Morgan fingerprint density at radius 3 is 2.48 bits per heavy atom. The summed E-state index contributed by atoms with van der Waals surface area (Å²) in [5, 5.41) is 6.52. The topological polar surface area (TPSA) is 91.7 Å². The Labute approximate surface area is 181 Å². The van der Waals surface area contributed by atoms with Gasteiger partial charge in [-0.15, -0.1) is 0 Å². The maximum absolute atomic E-state index is 13.6. The van der Waals surface area contributed by atoms with Crippen LogP contribution < -0.4 is 10.9 Å². The number of carbonyl (C=O) groups is 1. The molecule has 0 aliphatic carbocycles. The van der Waals surface area contributed by atoms with Crippen molar-refractivity contribution in [1.29, 1.82) is 0 Å². The fourth-order valence-corrected chi connectivity index (χ4v) is 3.21. The van der Waals surface area contributed by atoms with E-state index in [9.17, 15) is 22.8 Å². The van der Waals surface area contributed by atoms with Crippen LogP contribution in [0.3, 0.4) is 0 Å². The number of halogens is 3. The van der Waals surface area contributed by atoms with Crippen LogP contribution in [0, 0.1) is 0 Å². The number of esters is 1. The normalized spacial score (nSPS) is 13.2. The van der Waals surface area contributed by atoms with E-state index in [0.29, 0.717) is 17.7 Å². The molecule has 0 saturated carbocycles. The van der Waals surface area contributed by atoms with E-state index in [1.165, 1.54) is 7.11 Å². The van der Waals surface area contributed by atoms with E-state index in [1.807, 2.05) is 0 Å². The van der Waals surface area contributed by atoms with Crippen molar-refractivity contribution in [1.82, 2.24) is 9.78 Å². The number of hydrogen-bond acceptors (Lipinski definition) is 7. The first kappa shape index (κ1) is 27.1. The van der Waals surface area contributed by atoms with E-state index in [1.54, 1.807) is 6.92 Å². The number of nitrogens with one attached hydrogen (secondary N) is 1. The molecule has 1 aromatic rings. The van der Waals surface area contributed by atoms with Crippen LogP contribution in [0.1, 0.15) is 25.3 Å². The van der Waals surface area contributed by atoms with Crippen molar-refractivity contribution >= 4 is 19.7 Å². The number of alkyl halides is 3. The highest BCUT2D eigenvalue weighted by molar-refractivity contribution is 6.76. The molecule has 1 N–H and O–H groups in total. The first-order chi connectivity index (χ1) is 14.4. The maximum atomic E-state index is 13.6. The third kappa shape index (κ3) is 9.83. The predicted octanol–water partition coefficient (Wildman–Crippen LogP) is 3.34. The Balaban J connectivity index is 2.88. The fraction of sp³-hybridized carbons (Fsp3) is 0.737. The molecule has 1 atom stereocenters. The fourth-order valence-electron chi connectivity index (χ4n) is 2.46. The van der Waals surface area contributed by atoms with Gasteiger partial charge in [-0.3, -0.25) is 9.59 Å². The first-order valence-electron chi connectivity index (χ1n) is 10.0. The van der Waals surface area contributed by atoms with Crippen molar-refractivity contribution in [2.24, 2.45) is 0 Å². The predicted molar refractivity (Wildman–Crippen MR) is 113 cm³/mol. The second kappa shape index (κ2) is 12.2. The Morgan fingerprint density at radius 2 is 1.94 bits per heavy atom. The molecule has 0 unspecified atom stereocenters. The Hall–Kier alpha value is -1.92. The second-order valence-corrected chi connectivity index (χ2v) is 13.9. The molecule has 0 amide bonds. The van der Waals surface area contributed by atoms with Gasteiger partial charge in [-0.2, -0.15) is 18.3 Å². The van der Waals surface area contributed by atoms with Crippen LogP contribution in [-0.2, 0) is 31.9 Å². The molecule has 0 spiro atoms. The number of hydrogen-bond donors (Lipinski definition) is 1. The summed E-state index contributed by atoms with van der Waals surface area (Å²) in [5.74, 6) is -0.444. The van der Waals surface area contributed by atoms with Gasteiger partial charge in [0.1, 0.15) is 12.3 Å². The molecule has 1 rings (SSSR count). The van der Waals surface area contributed by atoms with Gasteiger partial charge >= 0.3 is 12.1 Å². The molecule has 0 aromatic carbocycles. The Bertz CT molecular complexity index is 766. The van der Waals surface area contributed by atoms with Crippen molar-refractivity contribution < 1.29 is 32.2 Å². The van der Waals surface area contributed by atoms with Crippen molar-refractivity contribution in [2.75, 3.05) is 32.2 Å². The van der Waals surface area contributed by atoms with E-state index in [4.69, 9.17) is 9.47 Å². The average molecular weight is 468 g/mol. The molecule has 8 nitrogen and oxygen atoms in total. The molecular formula is C19H32F3N3O5Si. The van der Waals surface area contributed by atoms with Gasteiger partial charge in [-0.25, -0.2) is 4.68 Å². The molecule has 12 heteroatoms. The number of methoxy groups -OCH3 is 1. The summed E-state index contributed by atoms with van der Waals surface area (Å²) < 4.78 is 56.7. The summed E-state index contributed by atoms with van der Waals surface area (Å²) in [4.78, 5) is 23.5. The molecule has 0 fully saturated rings. The molecule has 178 valence electrons. The zero-order valence-electron chi connectivity index (χ0n) is 18.7. The molecule has 0 bridgehead atoms. The van der Waals surface area contributed by atoms with Crippen molar-refractivity contribution in [3.63, 3.8) is 0 Å². The Morgan fingerprint density at radius 1 is 1.26 bits per heavy atom. The SMILES string of the molecule is CC[C@@H](COCCC(=O)OC)Nc1cnn(COCC[Si](C)(C)C)c(=O)c1C(F)(F)F. The van der Waals surface area contributed by atoms with Crippen molar-refractivity contribution in [2.45, 2.75) is 64.4 Å². The molecule has 1 heterocycles. The largest absolute Gasteiger partial charge is 0.469 e. The number of anilines is 1. The monoisotopic (exact) mass is 467 g/mol. The number of nitrogens with zero attached hydrogens (tertiary/aromatic N) is 2. The van der Waals surface area contributed by atoms with Crippen LogP contribution in [0.2, 0.25) is 25.7 Å². The molecule has 0 aliphatic rings. The quantitative estimate of drug-likeness (QED) is 0.270. The van der Waals surface area contributed by atoms with Gasteiger partial charge in [0.05, 0.1) is 38.6 Å². The average Bonchev–Trinajstić information content (AvgIpc) is 2.66.